The molecule has 0 radical (unpaired) electrons. The molecule has 4 heteroatoms. The summed E-state index contributed by atoms with van der Waals surface area (Å²) in [6.45, 7) is 6.09. The topological polar surface area (TPSA) is 38.8 Å². The van der Waals surface area contributed by atoms with Crippen molar-refractivity contribution in [2.45, 2.75) is 45.3 Å². The standard InChI is InChI=1S/C17H23NO3/c1-3-4-5-10-18-15-13(2)8-6-9-14(15)17(16(18)19)20-11-7-12-21-17/h6,8-9H,3-5,7,10-12H2,1-2H3. The van der Waals surface area contributed by atoms with Gasteiger partial charge >= 0.3 is 0 Å². The molecule has 4 nitrogen and oxygen atoms in total. The quantitative estimate of drug-likeness (QED) is 0.799. The number of fused-ring (bicyclic) bond motifs is 2. The smallest absolute Gasteiger partial charge is 0.292 e. The molecule has 2 heterocycles. The summed E-state index contributed by atoms with van der Waals surface area (Å²) in [5.41, 5.74) is 2.97. The Morgan fingerprint density at radius 2 is 2.00 bits per heavy atom. The third-order valence-electron chi connectivity index (χ3n) is 4.27. The maximum atomic E-state index is 13.0. The lowest BCUT2D eigenvalue weighted by Crippen LogP contribution is -2.47. The Hall–Kier alpha value is -1.39. The second-order valence-electron chi connectivity index (χ2n) is 5.80. The molecule has 2 aliphatic rings. The monoisotopic (exact) mass is 289 g/mol. The molecule has 0 aromatic heterocycles. The summed E-state index contributed by atoms with van der Waals surface area (Å²) in [5.74, 6) is -1.24. The summed E-state index contributed by atoms with van der Waals surface area (Å²) in [5, 5.41) is 0. The number of benzene rings is 1. The van der Waals surface area contributed by atoms with Crippen molar-refractivity contribution in [2.75, 3.05) is 24.7 Å². The van der Waals surface area contributed by atoms with Gasteiger partial charge in [-0.15, -0.1) is 0 Å². The van der Waals surface area contributed by atoms with Crippen LogP contribution in [0.25, 0.3) is 0 Å². The van der Waals surface area contributed by atoms with Crippen LogP contribution in [0, 0.1) is 6.92 Å². The molecular weight excluding hydrogens is 266 g/mol. The molecule has 0 atom stereocenters. The Bertz CT molecular complexity index is 535. The van der Waals surface area contributed by atoms with E-state index in [4.69, 9.17) is 9.47 Å². The number of aryl methyl sites for hydroxylation is 1. The van der Waals surface area contributed by atoms with Gasteiger partial charge in [0.15, 0.2) is 0 Å². The average Bonchev–Trinajstić information content (AvgIpc) is 2.73. The van der Waals surface area contributed by atoms with E-state index >= 15 is 0 Å². The van der Waals surface area contributed by atoms with E-state index in [0.717, 1.165) is 49.0 Å². The van der Waals surface area contributed by atoms with Crippen molar-refractivity contribution < 1.29 is 14.3 Å². The number of carbonyl (C=O) groups is 1. The molecule has 1 amide bonds. The SMILES string of the molecule is CCCCCN1C(=O)C2(OCCCO2)c2cccc(C)c21. The van der Waals surface area contributed by atoms with Crippen molar-refractivity contribution >= 4 is 11.6 Å². The fourth-order valence-electron chi connectivity index (χ4n) is 3.22. The fraction of sp³-hybridized carbons (Fsp3) is 0.588. The van der Waals surface area contributed by atoms with E-state index in [1.807, 2.05) is 30.0 Å². The van der Waals surface area contributed by atoms with E-state index in [-0.39, 0.29) is 5.91 Å². The van der Waals surface area contributed by atoms with Crippen molar-refractivity contribution in [2.24, 2.45) is 0 Å². The highest BCUT2D eigenvalue weighted by Crippen LogP contribution is 2.46. The van der Waals surface area contributed by atoms with Crippen molar-refractivity contribution in [3.8, 4) is 0 Å². The van der Waals surface area contributed by atoms with Gasteiger partial charge in [0.1, 0.15) is 0 Å². The third-order valence-corrected chi connectivity index (χ3v) is 4.27. The molecular formula is C17H23NO3. The first-order valence-electron chi connectivity index (χ1n) is 7.90. The van der Waals surface area contributed by atoms with Crippen molar-refractivity contribution in [3.63, 3.8) is 0 Å². The molecule has 1 fully saturated rings. The van der Waals surface area contributed by atoms with E-state index in [1.165, 1.54) is 0 Å². The molecule has 0 bridgehead atoms. The molecule has 1 spiro atoms. The van der Waals surface area contributed by atoms with Gasteiger partial charge in [0.2, 0.25) is 0 Å². The summed E-state index contributed by atoms with van der Waals surface area (Å²) in [6, 6.07) is 5.98. The number of hydrogen-bond acceptors (Lipinski definition) is 3. The molecule has 3 rings (SSSR count). The number of carbonyl (C=O) groups excluding carboxylic acids is 1. The lowest BCUT2D eigenvalue weighted by Gasteiger charge is -2.32. The minimum Gasteiger partial charge on any atom is -0.338 e. The first-order valence-corrected chi connectivity index (χ1v) is 7.90. The van der Waals surface area contributed by atoms with Crippen LogP contribution in [0.5, 0.6) is 0 Å². The van der Waals surface area contributed by atoms with E-state index in [2.05, 4.69) is 6.92 Å². The van der Waals surface area contributed by atoms with Crippen LogP contribution in [0.15, 0.2) is 18.2 Å². The number of unbranched alkanes of at least 4 members (excludes halogenated alkanes) is 2. The highest BCUT2D eigenvalue weighted by atomic mass is 16.7. The zero-order chi connectivity index (χ0) is 14.9. The van der Waals surface area contributed by atoms with Crippen LogP contribution in [-0.2, 0) is 20.1 Å². The number of anilines is 1. The van der Waals surface area contributed by atoms with Crippen LogP contribution >= 0.6 is 0 Å². The zero-order valence-corrected chi connectivity index (χ0v) is 12.9. The van der Waals surface area contributed by atoms with Crippen LogP contribution in [0.2, 0.25) is 0 Å². The average molecular weight is 289 g/mol. The van der Waals surface area contributed by atoms with Gasteiger partial charge in [-0.1, -0.05) is 38.0 Å². The number of rotatable bonds is 4. The molecule has 0 aliphatic carbocycles. The normalized spacial score (nSPS) is 20.1. The molecule has 114 valence electrons. The summed E-state index contributed by atoms with van der Waals surface area (Å²) in [6.07, 6.45) is 4.11. The Balaban J connectivity index is 1.99. The van der Waals surface area contributed by atoms with Gasteiger partial charge in [0.25, 0.3) is 11.7 Å². The van der Waals surface area contributed by atoms with E-state index < -0.39 is 5.79 Å². The lowest BCUT2D eigenvalue weighted by molar-refractivity contribution is -0.256. The fourth-order valence-corrected chi connectivity index (χ4v) is 3.22. The Labute approximate surface area is 126 Å². The summed E-state index contributed by atoms with van der Waals surface area (Å²) < 4.78 is 11.7. The number of para-hydroxylation sites is 1. The molecule has 1 aromatic rings. The number of hydrogen-bond donors (Lipinski definition) is 0. The largest absolute Gasteiger partial charge is 0.338 e. The Kier molecular flexibility index (Phi) is 4.00. The summed E-state index contributed by atoms with van der Waals surface area (Å²) in [7, 11) is 0. The highest BCUT2D eigenvalue weighted by Gasteiger charge is 2.55. The van der Waals surface area contributed by atoms with Gasteiger partial charge in [0.05, 0.1) is 18.9 Å². The molecule has 0 unspecified atom stereocenters. The van der Waals surface area contributed by atoms with Gasteiger partial charge in [-0.25, -0.2) is 0 Å². The predicted molar refractivity (Wildman–Crippen MR) is 81.3 cm³/mol. The minimum atomic E-state index is -1.19. The maximum absolute atomic E-state index is 13.0. The van der Waals surface area contributed by atoms with E-state index in [1.54, 1.807) is 0 Å². The maximum Gasteiger partial charge on any atom is 0.292 e. The zero-order valence-electron chi connectivity index (χ0n) is 12.9. The second kappa shape index (κ2) is 5.78. The predicted octanol–water partition coefficient (Wildman–Crippen LogP) is 3.12. The minimum absolute atomic E-state index is 0.0531. The van der Waals surface area contributed by atoms with Crippen LogP contribution in [0.3, 0.4) is 0 Å². The Morgan fingerprint density at radius 3 is 2.71 bits per heavy atom. The van der Waals surface area contributed by atoms with E-state index in [9.17, 15) is 4.79 Å². The molecule has 21 heavy (non-hydrogen) atoms. The second-order valence-corrected chi connectivity index (χ2v) is 5.80. The van der Waals surface area contributed by atoms with E-state index in [0.29, 0.717) is 13.2 Å². The summed E-state index contributed by atoms with van der Waals surface area (Å²) in [4.78, 5) is 14.8. The van der Waals surface area contributed by atoms with Crippen molar-refractivity contribution in [1.82, 2.24) is 0 Å². The van der Waals surface area contributed by atoms with Crippen molar-refractivity contribution in [3.05, 3.63) is 29.3 Å². The van der Waals surface area contributed by atoms with Gasteiger partial charge in [-0.2, -0.15) is 0 Å². The van der Waals surface area contributed by atoms with Crippen LogP contribution < -0.4 is 4.90 Å². The molecule has 0 saturated carbocycles. The van der Waals surface area contributed by atoms with Gasteiger partial charge in [0, 0.05) is 12.1 Å². The third kappa shape index (κ3) is 2.27. The summed E-state index contributed by atoms with van der Waals surface area (Å²) >= 11 is 0. The van der Waals surface area contributed by atoms with Crippen LogP contribution in [0.1, 0.15) is 43.7 Å². The van der Waals surface area contributed by atoms with Gasteiger partial charge in [-0.05, 0) is 25.3 Å². The Morgan fingerprint density at radius 1 is 1.24 bits per heavy atom. The highest BCUT2D eigenvalue weighted by molar-refractivity contribution is 6.06. The molecule has 0 N–H and O–H groups in total. The molecule has 2 aliphatic heterocycles. The van der Waals surface area contributed by atoms with Crippen molar-refractivity contribution in [1.29, 1.82) is 0 Å². The van der Waals surface area contributed by atoms with Gasteiger partial charge in [-0.3, -0.25) is 4.79 Å². The lowest BCUT2D eigenvalue weighted by atomic mass is 10.0. The number of ether oxygens (including phenoxy) is 2. The number of nitrogens with zero attached hydrogens (tertiary/aromatic N) is 1. The van der Waals surface area contributed by atoms with Crippen LogP contribution in [0.4, 0.5) is 5.69 Å². The van der Waals surface area contributed by atoms with Gasteiger partial charge < -0.3 is 14.4 Å². The van der Waals surface area contributed by atoms with Crippen LogP contribution in [-0.4, -0.2) is 25.7 Å². The number of amides is 1. The first-order chi connectivity index (χ1) is 10.2. The molecule has 1 aromatic carbocycles. The molecule has 1 saturated heterocycles. The first kappa shape index (κ1) is 14.5.